The van der Waals surface area contributed by atoms with Gasteiger partial charge in [0.1, 0.15) is 0 Å². The second kappa shape index (κ2) is 7.31. The average Bonchev–Trinajstić information content (AvgIpc) is 2.54. The number of rotatable bonds is 4. The van der Waals surface area contributed by atoms with Gasteiger partial charge in [-0.15, -0.1) is 0 Å². The molecule has 2 nitrogen and oxygen atoms in total. The van der Waals surface area contributed by atoms with E-state index in [1.54, 1.807) is 0 Å². The maximum Gasteiger partial charge on any atom is 0.224 e. The molecule has 2 aromatic carbocycles. The first kappa shape index (κ1) is 16.3. The highest BCUT2D eigenvalue weighted by molar-refractivity contribution is 9.10. The Hall–Kier alpha value is -1.61. The summed E-state index contributed by atoms with van der Waals surface area (Å²) in [5.41, 5.74) is 5.16. The Morgan fingerprint density at radius 1 is 1.13 bits per heavy atom. The van der Waals surface area contributed by atoms with Crippen LogP contribution in [0.15, 0.2) is 46.9 Å². The number of halogens is 1. The molecule has 1 atom stereocenters. The van der Waals surface area contributed by atoms with Gasteiger partial charge >= 0.3 is 0 Å². The molecule has 23 heavy (non-hydrogen) atoms. The summed E-state index contributed by atoms with van der Waals surface area (Å²) in [6.07, 6.45) is 5.35. The lowest BCUT2D eigenvalue weighted by atomic mass is 9.89. The summed E-state index contributed by atoms with van der Waals surface area (Å²) in [6, 6.07) is 14.6. The highest BCUT2D eigenvalue weighted by Gasteiger charge is 2.14. The highest BCUT2D eigenvalue weighted by Crippen LogP contribution is 2.24. The number of hydrogen-bond donors (Lipinski definition) is 1. The number of benzene rings is 2. The van der Waals surface area contributed by atoms with Crippen LogP contribution in [0.1, 0.15) is 48.1 Å². The number of fused-ring (bicyclic) bond motifs is 1. The van der Waals surface area contributed by atoms with Crippen molar-refractivity contribution in [1.29, 1.82) is 0 Å². The maximum atomic E-state index is 12.3. The van der Waals surface area contributed by atoms with E-state index in [0.29, 0.717) is 6.42 Å². The predicted molar refractivity (Wildman–Crippen MR) is 97.5 cm³/mol. The van der Waals surface area contributed by atoms with E-state index in [4.69, 9.17) is 0 Å². The molecule has 1 amide bonds. The van der Waals surface area contributed by atoms with E-state index in [-0.39, 0.29) is 11.9 Å². The smallest absolute Gasteiger partial charge is 0.224 e. The van der Waals surface area contributed by atoms with Gasteiger partial charge in [0.05, 0.1) is 12.5 Å². The van der Waals surface area contributed by atoms with Gasteiger partial charge < -0.3 is 5.32 Å². The first-order valence-electron chi connectivity index (χ1n) is 8.27. The van der Waals surface area contributed by atoms with Crippen LogP contribution in [0, 0.1) is 0 Å². The first-order valence-corrected chi connectivity index (χ1v) is 9.06. The molecule has 3 rings (SSSR count). The molecule has 0 fully saturated rings. The molecule has 2 aromatic rings. The van der Waals surface area contributed by atoms with E-state index in [1.807, 2.05) is 24.3 Å². The molecule has 0 bridgehead atoms. The van der Waals surface area contributed by atoms with Gasteiger partial charge in [0.2, 0.25) is 5.91 Å². The van der Waals surface area contributed by atoms with Crippen molar-refractivity contribution in [2.75, 3.05) is 0 Å². The van der Waals surface area contributed by atoms with Crippen molar-refractivity contribution in [2.45, 2.75) is 45.1 Å². The van der Waals surface area contributed by atoms with Gasteiger partial charge in [-0.25, -0.2) is 0 Å². The summed E-state index contributed by atoms with van der Waals surface area (Å²) in [6.45, 7) is 2.06. The molecular weight excluding hydrogens is 350 g/mol. The summed E-state index contributed by atoms with van der Waals surface area (Å²) in [4.78, 5) is 12.3. The third-order valence-electron chi connectivity index (χ3n) is 4.50. The number of carbonyl (C=O) groups is 1. The lowest BCUT2D eigenvalue weighted by Crippen LogP contribution is -2.28. The van der Waals surface area contributed by atoms with Crippen molar-refractivity contribution in [1.82, 2.24) is 5.32 Å². The lowest BCUT2D eigenvalue weighted by molar-refractivity contribution is -0.121. The summed E-state index contributed by atoms with van der Waals surface area (Å²) in [5.74, 6) is 0.0633. The van der Waals surface area contributed by atoms with Crippen LogP contribution in [-0.4, -0.2) is 5.91 Å². The van der Waals surface area contributed by atoms with Crippen molar-refractivity contribution in [3.63, 3.8) is 0 Å². The van der Waals surface area contributed by atoms with Crippen LogP contribution in [0.3, 0.4) is 0 Å². The zero-order valence-corrected chi connectivity index (χ0v) is 15.0. The van der Waals surface area contributed by atoms with Gasteiger partial charge in [0.25, 0.3) is 0 Å². The van der Waals surface area contributed by atoms with Gasteiger partial charge in [-0.1, -0.05) is 46.3 Å². The molecule has 1 aliphatic carbocycles. The summed E-state index contributed by atoms with van der Waals surface area (Å²) in [7, 11) is 0. The first-order chi connectivity index (χ1) is 11.1. The minimum absolute atomic E-state index is 0.0434. The monoisotopic (exact) mass is 371 g/mol. The fraction of sp³-hybridized carbons (Fsp3) is 0.350. The number of hydrogen-bond acceptors (Lipinski definition) is 1. The number of carbonyl (C=O) groups excluding carboxylic acids is 1. The molecule has 0 saturated heterocycles. The fourth-order valence-electron chi connectivity index (χ4n) is 3.23. The van der Waals surface area contributed by atoms with Crippen LogP contribution in [0.5, 0.6) is 0 Å². The minimum atomic E-state index is 0.0434. The van der Waals surface area contributed by atoms with Gasteiger partial charge in [-0.3, -0.25) is 4.79 Å². The van der Waals surface area contributed by atoms with E-state index in [9.17, 15) is 4.79 Å². The molecule has 0 spiro atoms. The molecule has 3 heteroatoms. The van der Waals surface area contributed by atoms with E-state index in [2.05, 4.69) is 46.4 Å². The molecule has 120 valence electrons. The Kier molecular flexibility index (Phi) is 5.16. The van der Waals surface area contributed by atoms with Crippen molar-refractivity contribution in [2.24, 2.45) is 0 Å². The molecule has 0 radical (unpaired) electrons. The van der Waals surface area contributed by atoms with E-state index in [1.165, 1.54) is 42.4 Å². The van der Waals surface area contributed by atoms with Gasteiger partial charge in [0.15, 0.2) is 0 Å². The maximum absolute atomic E-state index is 12.3. The molecule has 1 aliphatic rings. The van der Waals surface area contributed by atoms with Crippen molar-refractivity contribution in [3.8, 4) is 0 Å². The Labute approximate surface area is 146 Å². The normalized spacial score (nSPS) is 14.9. The van der Waals surface area contributed by atoms with Crippen LogP contribution >= 0.6 is 15.9 Å². The quantitative estimate of drug-likeness (QED) is 0.825. The lowest BCUT2D eigenvalue weighted by Gasteiger charge is -2.20. The van der Waals surface area contributed by atoms with Gasteiger partial charge in [0, 0.05) is 4.47 Å². The van der Waals surface area contributed by atoms with Crippen LogP contribution in [-0.2, 0) is 24.1 Å². The minimum Gasteiger partial charge on any atom is -0.349 e. The van der Waals surface area contributed by atoms with Crippen LogP contribution in [0.4, 0.5) is 0 Å². The topological polar surface area (TPSA) is 29.1 Å². The third-order valence-corrected chi connectivity index (χ3v) is 5.00. The van der Waals surface area contributed by atoms with Crippen LogP contribution in [0.2, 0.25) is 0 Å². The third kappa shape index (κ3) is 4.23. The van der Waals surface area contributed by atoms with E-state index in [0.717, 1.165) is 10.0 Å². The molecule has 0 heterocycles. The fourth-order valence-corrected chi connectivity index (χ4v) is 3.68. The van der Waals surface area contributed by atoms with Crippen molar-refractivity contribution in [3.05, 3.63) is 69.2 Å². The average molecular weight is 372 g/mol. The molecule has 0 saturated carbocycles. The highest BCUT2D eigenvalue weighted by atomic mass is 79.9. The van der Waals surface area contributed by atoms with Crippen molar-refractivity contribution < 1.29 is 4.79 Å². The Morgan fingerprint density at radius 2 is 1.91 bits per heavy atom. The number of amides is 1. The zero-order valence-electron chi connectivity index (χ0n) is 13.4. The Morgan fingerprint density at radius 3 is 2.70 bits per heavy atom. The molecule has 1 N–H and O–H groups in total. The Bertz CT molecular complexity index is 711. The predicted octanol–water partition coefficient (Wildman–Crippen LogP) is 4.75. The SMILES string of the molecule is C[C@@H](NC(=O)Cc1cccc(Br)c1)c1ccc2c(c1)CCCC2. The Balaban J connectivity index is 1.64. The summed E-state index contributed by atoms with van der Waals surface area (Å²) >= 11 is 3.44. The van der Waals surface area contributed by atoms with Crippen molar-refractivity contribution >= 4 is 21.8 Å². The number of aryl methyl sites for hydroxylation is 2. The van der Waals surface area contributed by atoms with Crippen LogP contribution < -0.4 is 5.32 Å². The second-order valence-electron chi connectivity index (χ2n) is 6.33. The van der Waals surface area contributed by atoms with Gasteiger partial charge in [-0.2, -0.15) is 0 Å². The molecule has 0 aliphatic heterocycles. The van der Waals surface area contributed by atoms with E-state index < -0.39 is 0 Å². The summed E-state index contributed by atoms with van der Waals surface area (Å²) in [5, 5.41) is 3.12. The standard InChI is InChI=1S/C20H22BrNO/c1-14(17-10-9-16-6-2-3-7-18(16)13-17)22-20(23)12-15-5-4-8-19(21)11-15/h4-5,8-11,13-14H,2-3,6-7,12H2,1H3,(H,22,23)/t14-/m1/s1. The second-order valence-corrected chi connectivity index (χ2v) is 7.25. The summed E-state index contributed by atoms with van der Waals surface area (Å²) < 4.78 is 1.01. The van der Waals surface area contributed by atoms with Gasteiger partial charge in [-0.05, 0) is 67.0 Å². The molecular formula is C20H22BrNO. The number of nitrogens with one attached hydrogen (secondary N) is 1. The molecule has 0 aromatic heterocycles. The molecule has 0 unspecified atom stereocenters. The van der Waals surface area contributed by atoms with Crippen LogP contribution in [0.25, 0.3) is 0 Å². The largest absolute Gasteiger partial charge is 0.349 e. The van der Waals surface area contributed by atoms with E-state index >= 15 is 0 Å². The zero-order chi connectivity index (χ0) is 16.2.